The lowest BCUT2D eigenvalue weighted by molar-refractivity contribution is -0.121. The first-order valence-electron chi connectivity index (χ1n) is 6.50. The molecule has 2 nitrogen and oxygen atoms in total. The number of carbonyl (C=O) groups is 1. The molecule has 2 rings (SSSR count). The Bertz CT molecular complexity index is 221. The summed E-state index contributed by atoms with van der Waals surface area (Å²) in [5.74, 6) is 0.870. The molecule has 15 heavy (non-hydrogen) atoms. The van der Waals surface area contributed by atoms with Gasteiger partial charge in [0, 0.05) is 24.9 Å². The van der Waals surface area contributed by atoms with Crippen LogP contribution in [0.3, 0.4) is 0 Å². The van der Waals surface area contributed by atoms with Gasteiger partial charge >= 0.3 is 0 Å². The summed E-state index contributed by atoms with van der Waals surface area (Å²) in [6.07, 6.45) is 9.96. The van der Waals surface area contributed by atoms with E-state index in [1.165, 1.54) is 32.1 Å². The molecule has 2 fully saturated rings. The fourth-order valence-electron chi connectivity index (χ4n) is 3.10. The van der Waals surface area contributed by atoms with E-state index in [4.69, 9.17) is 0 Å². The van der Waals surface area contributed by atoms with Crippen LogP contribution in [0.25, 0.3) is 0 Å². The Morgan fingerprint density at radius 3 is 2.47 bits per heavy atom. The van der Waals surface area contributed by atoms with Crippen molar-refractivity contribution in [3.63, 3.8) is 0 Å². The highest BCUT2D eigenvalue weighted by Crippen LogP contribution is 2.26. The standard InChI is InChI=1S/C13H23NO/c1-14(12-7-3-2-4-8-12)10-11-6-5-9-13(11)15/h11-12H,2-10H2,1H3. The molecule has 1 unspecified atom stereocenters. The first-order valence-corrected chi connectivity index (χ1v) is 6.50. The summed E-state index contributed by atoms with van der Waals surface area (Å²) >= 11 is 0. The minimum absolute atomic E-state index is 0.358. The van der Waals surface area contributed by atoms with Crippen LogP contribution in [0.2, 0.25) is 0 Å². The third-order valence-electron chi connectivity index (χ3n) is 4.14. The second-order valence-electron chi connectivity index (χ2n) is 5.29. The van der Waals surface area contributed by atoms with Gasteiger partial charge in [-0.2, -0.15) is 0 Å². The normalized spacial score (nSPS) is 28.9. The van der Waals surface area contributed by atoms with E-state index in [1.807, 2.05) is 0 Å². The van der Waals surface area contributed by atoms with Crippen molar-refractivity contribution in [2.75, 3.05) is 13.6 Å². The second kappa shape index (κ2) is 5.11. The van der Waals surface area contributed by atoms with Crippen LogP contribution in [0.1, 0.15) is 51.4 Å². The van der Waals surface area contributed by atoms with Crippen molar-refractivity contribution < 1.29 is 4.79 Å². The summed E-state index contributed by atoms with van der Waals surface area (Å²) in [7, 11) is 2.21. The number of nitrogens with zero attached hydrogens (tertiary/aromatic N) is 1. The zero-order chi connectivity index (χ0) is 10.7. The van der Waals surface area contributed by atoms with Crippen molar-refractivity contribution in [1.29, 1.82) is 0 Å². The smallest absolute Gasteiger partial charge is 0.137 e. The van der Waals surface area contributed by atoms with E-state index in [-0.39, 0.29) is 0 Å². The molecule has 0 aromatic rings. The first kappa shape index (κ1) is 11.1. The van der Waals surface area contributed by atoms with E-state index < -0.39 is 0 Å². The van der Waals surface area contributed by atoms with Gasteiger partial charge in [0.15, 0.2) is 0 Å². The Morgan fingerprint density at radius 2 is 1.87 bits per heavy atom. The lowest BCUT2D eigenvalue weighted by atomic mass is 9.93. The van der Waals surface area contributed by atoms with Crippen LogP contribution in [-0.4, -0.2) is 30.3 Å². The molecule has 0 aromatic heterocycles. The maximum Gasteiger partial charge on any atom is 0.137 e. The van der Waals surface area contributed by atoms with Crippen molar-refractivity contribution in [3.05, 3.63) is 0 Å². The van der Waals surface area contributed by atoms with Crippen molar-refractivity contribution in [2.24, 2.45) is 5.92 Å². The molecule has 86 valence electrons. The summed E-state index contributed by atoms with van der Waals surface area (Å²) in [6.45, 7) is 1.02. The van der Waals surface area contributed by atoms with Gasteiger partial charge in [0.25, 0.3) is 0 Å². The van der Waals surface area contributed by atoms with Crippen molar-refractivity contribution in [2.45, 2.75) is 57.4 Å². The third-order valence-corrected chi connectivity index (χ3v) is 4.14. The number of Topliss-reactive ketones (excluding diaryl/α,β-unsaturated/α-hetero) is 1. The minimum atomic E-state index is 0.358. The highest BCUT2D eigenvalue weighted by atomic mass is 16.1. The number of carbonyl (C=O) groups excluding carboxylic acids is 1. The van der Waals surface area contributed by atoms with Crippen molar-refractivity contribution >= 4 is 5.78 Å². The molecule has 2 saturated carbocycles. The lowest BCUT2D eigenvalue weighted by Crippen LogP contribution is -2.37. The number of ketones is 1. The largest absolute Gasteiger partial charge is 0.303 e. The summed E-state index contributed by atoms with van der Waals surface area (Å²) in [6, 6.07) is 0.757. The second-order valence-corrected chi connectivity index (χ2v) is 5.29. The molecule has 2 aliphatic carbocycles. The summed E-state index contributed by atoms with van der Waals surface area (Å²) < 4.78 is 0. The van der Waals surface area contributed by atoms with Gasteiger partial charge in [-0.05, 0) is 32.7 Å². The molecule has 0 amide bonds. The predicted molar refractivity (Wildman–Crippen MR) is 61.9 cm³/mol. The van der Waals surface area contributed by atoms with Crippen LogP contribution in [0, 0.1) is 5.92 Å². The monoisotopic (exact) mass is 209 g/mol. The van der Waals surface area contributed by atoms with Crippen LogP contribution < -0.4 is 0 Å². The Hall–Kier alpha value is -0.370. The Balaban J connectivity index is 1.79. The molecule has 0 bridgehead atoms. The van der Waals surface area contributed by atoms with E-state index in [9.17, 15) is 4.79 Å². The van der Waals surface area contributed by atoms with Crippen molar-refractivity contribution in [3.8, 4) is 0 Å². The van der Waals surface area contributed by atoms with E-state index in [0.717, 1.165) is 31.8 Å². The van der Waals surface area contributed by atoms with E-state index in [2.05, 4.69) is 11.9 Å². The van der Waals surface area contributed by atoms with Gasteiger partial charge in [-0.3, -0.25) is 4.79 Å². The molecule has 0 radical (unpaired) electrons. The quantitative estimate of drug-likeness (QED) is 0.712. The van der Waals surface area contributed by atoms with Gasteiger partial charge in [-0.1, -0.05) is 19.3 Å². The molecule has 2 heteroatoms. The summed E-state index contributed by atoms with van der Waals surface area (Å²) in [5.41, 5.74) is 0. The van der Waals surface area contributed by atoms with Crippen LogP contribution in [0.4, 0.5) is 0 Å². The van der Waals surface area contributed by atoms with Crippen LogP contribution in [0.5, 0.6) is 0 Å². The van der Waals surface area contributed by atoms with E-state index in [1.54, 1.807) is 0 Å². The van der Waals surface area contributed by atoms with Gasteiger partial charge in [0.2, 0.25) is 0 Å². The maximum atomic E-state index is 11.6. The maximum absolute atomic E-state index is 11.6. The lowest BCUT2D eigenvalue weighted by Gasteiger charge is -2.32. The summed E-state index contributed by atoms with van der Waals surface area (Å²) in [4.78, 5) is 14.0. The van der Waals surface area contributed by atoms with Gasteiger partial charge in [-0.25, -0.2) is 0 Å². The molecule has 0 aromatic carbocycles. The predicted octanol–water partition coefficient (Wildman–Crippen LogP) is 2.62. The van der Waals surface area contributed by atoms with Gasteiger partial charge in [-0.15, -0.1) is 0 Å². The molecule has 1 atom stereocenters. The molecule has 0 N–H and O–H groups in total. The highest BCUT2D eigenvalue weighted by Gasteiger charge is 2.27. The molecule has 0 spiro atoms. The fraction of sp³-hybridized carbons (Fsp3) is 0.923. The van der Waals surface area contributed by atoms with E-state index >= 15 is 0 Å². The molecular formula is C13H23NO. The Morgan fingerprint density at radius 1 is 1.13 bits per heavy atom. The highest BCUT2D eigenvalue weighted by molar-refractivity contribution is 5.83. The summed E-state index contributed by atoms with van der Waals surface area (Å²) in [5, 5.41) is 0. The van der Waals surface area contributed by atoms with Gasteiger partial charge in [0.05, 0.1) is 0 Å². The zero-order valence-corrected chi connectivity index (χ0v) is 9.87. The average molecular weight is 209 g/mol. The zero-order valence-electron chi connectivity index (χ0n) is 9.87. The molecule has 2 aliphatic rings. The number of rotatable bonds is 3. The number of hydrogen-bond donors (Lipinski definition) is 0. The average Bonchev–Trinajstić information content (AvgIpc) is 2.66. The molecule has 0 saturated heterocycles. The first-order chi connectivity index (χ1) is 7.27. The Kier molecular flexibility index (Phi) is 3.79. The van der Waals surface area contributed by atoms with E-state index in [0.29, 0.717) is 11.7 Å². The SMILES string of the molecule is CN(CC1CCCC1=O)C1CCCCC1. The third kappa shape index (κ3) is 2.81. The minimum Gasteiger partial charge on any atom is -0.303 e. The van der Waals surface area contributed by atoms with Crippen LogP contribution in [-0.2, 0) is 4.79 Å². The molecular weight excluding hydrogens is 186 g/mol. The van der Waals surface area contributed by atoms with Gasteiger partial charge < -0.3 is 4.90 Å². The molecule has 0 aliphatic heterocycles. The topological polar surface area (TPSA) is 20.3 Å². The molecule has 0 heterocycles. The van der Waals surface area contributed by atoms with Crippen molar-refractivity contribution in [1.82, 2.24) is 4.90 Å². The fourth-order valence-corrected chi connectivity index (χ4v) is 3.10. The Labute approximate surface area is 93.0 Å². The van der Waals surface area contributed by atoms with Crippen LogP contribution >= 0.6 is 0 Å². The number of hydrogen-bond acceptors (Lipinski definition) is 2. The van der Waals surface area contributed by atoms with Crippen LogP contribution in [0.15, 0.2) is 0 Å². The van der Waals surface area contributed by atoms with Gasteiger partial charge in [0.1, 0.15) is 5.78 Å².